The van der Waals surface area contributed by atoms with Gasteiger partial charge >= 0.3 is 6.03 Å². The number of anilines is 2. The monoisotopic (exact) mass is 477 g/mol. The number of thiophene rings is 1. The number of amides is 5. The summed E-state index contributed by atoms with van der Waals surface area (Å²) in [7, 11) is 1.52. The molecule has 0 aliphatic carbocycles. The van der Waals surface area contributed by atoms with Crippen molar-refractivity contribution >= 4 is 46.5 Å². The molecule has 174 valence electrons. The molecule has 1 aliphatic rings. The Labute approximate surface area is 200 Å². The highest BCUT2D eigenvalue weighted by molar-refractivity contribution is 7.13. The van der Waals surface area contributed by atoms with E-state index < -0.39 is 11.9 Å². The van der Waals surface area contributed by atoms with E-state index in [1.54, 1.807) is 41.7 Å². The smallest absolute Gasteiger partial charge is 0.324 e. The first-order valence-corrected chi connectivity index (χ1v) is 11.4. The van der Waals surface area contributed by atoms with Gasteiger partial charge in [-0.15, -0.1) is 11.3 Å². The third-order valence-corrected chi connectivity index (χ3v) is 6.32. The van der Waals surface area contributed by atoms with E-state index in [1.807, 2.05) is 29.6 Å². The Kier molecular flexibility index (Phi) is 6.60. The summed E-state index contributed by atoms with van der Waals surface area (Å²) in [6, 6.07) is 15.5. The number of carbonyl (C=O) groups excluding carboxylic acids is 4. The Bertz CT molecular complexity index is 1240. The maximum atomic E-state index is 12.7. The van der Waals surface area contributed by atoms with E-state index in [2.05, 4.69) is 10.6 Å². The summed E-state index contributed by atoms with van der Waals surface area (Å²) in [6.07, 6.45) is 0. The molecule has 3 aromatic rings. The number of hydrogen-bond acceptors (Lipinski definition) is 6. The number of urea groups is 1. The van der Waals surface area contributed by atoms with Gasteiger partial charge in [0.1, 0.15) is 6.54 Å². The van der Waals surface area contributed by atoms with Gasteiger partial charge < -0.3 is 21.3 Å². The SMILES string of the molecule is CN1CC(=O)N(C(=O)NCc2ccc(C(=O)Nc3cc(-c4cccs4)ccc3N)cc2)CC1=O. The van der Waals surface area contributed by atoms with E-state index in [1.165, 1.54) is 11.9 Å². The number of hydrogen-bond donors (Lipinski definition) is 3. The van der Waals surface area contributed by atoms with Gasteiger partial charge in [-0.25, -0.2) is 4.79 Å². The third-order valence-electron chi connectivity index (χ3n) is 5.40. The summed E-state index contributed by atoms with van der Waals surface area (Å²) in [5, 5.41) is 7.46. The molecule has 0 unspecified atom stereocenters. The molecule has 4 rings (SSSR count). The maximum Gasteiger partial charge on any atom is 0.324 e. The highest BCUT2D eigenvalue weighted by Gasteiger charge is 2.31. The molecule has 1 saturated heterocycles. The molecule has 0 atom stereocenters. The predicted octanol–water partition coefficient (Wildman–Crippen LogP) is 2.76. The molecule has 9 nitrogen and oxygen atoms in total. The molecule has 1 aromatic heterocycles. The lowest BCUT2D eigenvalue weighted by atomic mass is 10.1. The van der Waals surface area contributed by atoms with Crippen molar-refractivity contribution in [3.05, 3.63) is 71.1 Å². The number of nitrogens with two attached hydrogens (primary N) is 1. The quantitative estimate of drug-likeness (QED) is 0.488. The van der Waals surface area contributed by atoms with Crippen LogP contribution in [0.4, 0.5) is 16.2 Å². The van der Waals surface area contributed by atoms with Crippen molar-refractivity contribution < 1.29 is 19.2 Å². The fourth-order valence-corrected chi connectivity index (χ4v) is 4.13. The third kappa shape index (κ3) is 5.07. The van der Waals surface area contributed by atoms with E-state index in [-0.39, 0.29) is 31.4 Å². The van der Waals surface area contributed by atoms with Crippen LogP contribution in [0.15, 0.2) is 60.0 Å². The van der Waals surface area contributed by atoms with Crippen molar-refractivity contribution in [3.63, 3.8) is 0 Å². The van der Waals surface area contributed by atoms with Crippen molar-refractivity contribution in [3.8, 4) is 10.4 Å². The van der Waals surface area contributed by atoms with Crippen molar-refractivity contribution in [2.24, 2.45) is 0 Å². The van der Waals surface area contributed by atoms with Gasteiger partial charge in [0.05, 0.1) is 17.9 Å². The Morgan fingerprint density at radius 2 is 1.79 bits per heavy atom. The summed E-state index contributed by atoms with van der Waals surface area (Å²) >= 11 is 1.60. The Hall–Kier alpha value is -4.18. The predicted molar refractivity (Wildman–Crippen MR) is 130 cm³/mol. The number of piperazine rings is 1. The Morgan fingerprint density at radius 1 is 1.03 bits per heavy atom. The standard InChI is InChI=1S/C24H23N5O4S/c1-28-13-22(31)29(14-21(28)30)24(33)26-12-15-4-6-16(7-5-15)23(32)27-19-11-17(8-9-18(19)25)20-3-2-10-34-20/h2-11H,12-14,25H2,1H3,(H,26,33)(H,27,32). The summed E-state index contributed by atoms with van der Waals surface area (Å²) in [6.45, 7) is -0.266. The van der Waals surface area contributed by atoms with Gasteiger partial charge in [-0.1, -0.05) is 24.3 Å². The summed E-state index contributed by atoms with van der Waals surface area (Å²) < 4.78 is 0. The molecule has 2 aromatic carbocycles. The highest BCUT2D eigenvalue weighted by Crippen LogP contribution is 2.30. The first kappa shape index (κ1) is 23.0. The van der Waals surface area contributed by atoms with E-state index in [4.69, 9.17) is 5.73 Å². The van der Waals surface area contributed by atoms with E-state index >= 15 is 0 Å². The first-order chi connectivity index (χ1) is 16.3. The van der Waals surface area contributed by atoms with Gasteiger partial charge in [-0.2, -0.15) is 0 Å². The molecule has 1 fully saturated rings. The molecule has 34 heavy (non-hydrogen) atoms. The lowest BCUT2D eigenvalue weighted by molar-refractivity contribution is -0.146. The first-order valence-electron chi connectivity index (χ1n) is 10.5. The van der Waals surface area contributed by atoms with Gasteiger partial charge in [-0.05, 0) is 46.8 Å². The number of carbonyl (C=O) groups is 4. The second-order valence-electron chi connectivity index (χ2n) is 7.82. The topological polar surface area (TPSA) is 125 Å². The zero-order valence-corrected chi connectivity index (χ0v) is 19.2. The molecular weight excluding hydrogens is 454 g/mol. The van der Waals surface area contributed by atoms with Crippen molar-refractivity contribution in [2.75, 3.05) is 31.2 Å². The van der Waals surface area contributed by atoms with E-state index in [9.17, 15) is 19.2 Å². The van der Waals surface area contributed by atoms with E-state index in [0.29, 0.717) is 16.9 Å². The van der Waals surface area contributed by atoms with Crippen LogP contribution in [0, 0.1) is 0 Å². The van der Waals surface area contributed by atoms with Crippen LogP contribution < -0.4 is 16.4 Å². The minimum Gasteiger partial charge on any atom is -0.397 e. The van der Waals surface area contributed by atoms with Crippen LogP contribution in [0.1, 0.15) is 15.9 Å². The van der Waals surface area contributed by atoms with Crippen LogP contribution in [0.3, 0.4) is 0 Å². The molecule has 2 heterocycles. The lowest BCUT2D eigenvalue weighted by Gasteiger charge is -2.30. The van der Waals surface area contributed by atoms with Gasteiger partial charge in [0.2, 0.25) is 5.91 Å². The second-order valence-corrected chi connectivity index (χ2v) is 8.77. The number of imide groups is 1. The number of nitrogens with zero attached hydrogens (tertiary/aromatic N) is 2. The molecule has 0 radical (unpaired) electrons. The number of likely N-dealkylation sites (N-methyl/N-ethyl adjacent to an activating group) is 1. The van der Waals surface area contributed by atoms with Gasteiger partial charge in [0, 0.05) is 24.0 Å². The van der Waals surface area contributed by atoms with Crippen LogP contribution in [-0.4, -0.2) is 53.7 Å². The highest BCUT2D eigenvalue weighted by atomic mass is 32.1. The molecule has 1 aliphatic heterocycles. The maximum absolute atomic E-state index is 12.7. The van der Waals surface area contributed by atoms with Gasteiger partial charge in [0.25, 0.3) is 11.8 Å². The molecular formula is C24H23N5O4S. The molecule has 4 N–H and O–H groups in total. The zero-order valence-electron chi connectivity index (χ0n) is 18.4. The largest absolute Gasteiger partial charge is 0.397 e. The van der Waals surface area contributed by atoms with Crippen molar-refractivity contribution in [2.45, 2.75) is 6.54 Å². The Morgan fingerprint density at radius 3 is 2.50 bits per heavy atom. The summed E-state index contributed by atoms with van der Waals surface area (Å²) in [5.74, 6) is -1.05. The van der Waals surface area contributed by atoms with Crippen LogP contribution in [0.25, 0.3) is 10.4 Å². The van der Waals surface area contributed by atoms with Crippen LogP contribution in [0.2, 0.25) is 0 Å². The number of rotatable bonds is 5. The fourth-order valence-electron chi connectivity index (χ4n) is 3.41. The van der Waals surface area contributed by atoms with Crippen molar-refractivity contribution in [1.29, 1.82) is 0 Å². The normalized spacial score (nSPS) is 13.7. The fraction of sp³-hybridized carbons (Fsp3) is 0.167. The lowest BCUT2D eigenvalue weighted by Crippen LogP contribution is -2.56. The molecule has 0 spiro atoms. The van der Waals surface area contributed by atoms with Crippen LogP contribution >= 0.6 is 11.3 Å². The average molecular weight is 478 g/mol. The summed E-state index contributed by atoms with van der Waals surface area (Å²) in [4.78, 5) is 52.1. The summed E-state index contributed by atoms with van der Waals surface area (Å²) in [5.41, 5.74) is 9.16. The van der Waals surface area contributed by atoms with Gasteiger partial charge in [0.15, 0.2) is 0 Å². The number of benzene rings is 2. The Balaban J connectivity index is 1.36. The van der Waals surface area contributed by atoms with E-state index in [0.717, 1.165) is 20.9 Å². The number of nitrogen functional groups attached to an aromatic ring is 1. The van der Waals surface area contributed by atoms with Gasteiger partial charge in [-0.3, -0.25) is 19.3 Å². The van der Waals surface area contributed by atoms with Crippen LogP contribution in [-0.2, 0) is 16.1 Å². The molecule has 0 saturated carbocycles. The molecule has 0 bridgehead atoms. The average Bonchev–Trinajstić information content (AvgIpc) is 3.36. The molecule has 5 amide bonds. The van der Waals surface area contributed by atoms with Crippen LogP contribution in [0.5, 0.6) is 0 Å². The molecule has 10 heteroatoms. The van der Waals surface area contributed by atoms with Crippen molar-refractivity contribution in [1.82, 2.24) is 15.1 Å². The number of nitrogens with one attached hydrogen (secondary N) is 2. The zero-order chi connectivity index (χ0) is 24.2. The minimum absolute atomic E-state index is 0.128. The minimum atomic E-state index is -0.630. The second kappa shape index (κ2) is 9.75.